The lowest BCUT2D eigenvalue weighted by molar-refractivity contribution is -0.195. The van der Waals surface area contributed by atoms with Crippen molar-refractivity contribution in [3.05, 3.63) is 0 Å². The lowest BCUT2D eigenvalue weighted by Gasteiger charge is -2.60. The van der Waals surface area contributed by atoms with Crippen molar-refractivity contribution in [2.45, 2.75) is 110 Å². The Morgan fingerprint density at radius 3 is 2.58 bits per heavy atom. The van der Waals surface area contributed by atoms with Gasteiger partial charge < -0.3 is 10.2 Å². The number of rotatable bonds is 3. The second-order valence-corrected chi connectivity index (χ2v) is 11.5. The van der Waals surface area contributed by atoms with Gasteiger partial charge in [0.2, 0.25) is 0 Å². The summed E-state index contributed by atoms with van der Waals surface area (Å²) in [4.78, 5) is 0. The van der Waals surface area contributed by atoms with E-state index < -0.39 is 5.60 Å². The van der Waals surface area contributed by atoms with Crippen molar-refractivity contribution in [2.24, 2.45) is 39.9 Å². The number of hydrogen-bond acceptors (Lipinski definition) is 2. The fourth-order valence-electron chi connectivity index (χ4n) is 9.75. The van der Waals surface area contributed by atoms with Gasteiger partial charge in [0.25, 0.3) is 0 Å². The van der Waals surface area contributed by atoms with Crippen LogP contribution in [0.4, 0.5) is 0 Å². The summed E-state index contributed by atoms with van der Waals surface area (Å²) in [6.45, 7) is 7.23. The number of hydrogen-bond donors (Lipinski definition) is 2. The summed E-state index contributed by atoms with van der Waals surface area (Å²) in [5.41, 5.74) is 0.664. The first-order valence-electron chi connectivity index (χ1n) is 11.7. The highest BCUT2D eigenvalue weighted by Crippen LogP contribution is 2.86. The summed E-state index contributed by atoms with van der Waals surface area (Å²) < 4.78 is 0. The maximum Gasteiger partial charge on any atom is 0.0737 e. The zero-order valence-electron chi connectivity index (χ0n) is 17.3. The highest BCUT2D eigenvalue weighted by molar-refractivity contribution is 5.30. The van der Waals surface area contributed by atoms with Crippen LogP contribution in [-0.2, 0) is 0 Å². The Kier molecular flexibility index (Phi) is 3.80. The van der Waals surface area contributed by atoms with E-state index in [4.69, 9.17) is 0 Å². The summed E-state index contributed by atoms with van der Waals surface area (Å²) in [7, 11) is 0. The molecule has 26 heavy (non-hydrogen) atoms. The zero-order chi connectivity index (χ0) is 18.4. The summed E-state index contributed by atoms with van der Waals surface area (Å²) in [5, 5.41) is 22.4. The van der Waals surface area contributed by atoms with Gasteiger partial charge in [-0.3, -0.25) is 0 Å². The molecule has 2 heteroatoms. The number of aliphatic hydroxyl groups is 2. The van der Waals surface area contributed by atoms with Crippen molar-refractivity contribution in [1.82, 2.24) is 0 Å². The first-order valence-corrected chi connectivity index (χ1v) is 11.7. The van der Waals surface area contributed by atoms with E-state index >= 15 is 0 Å². The Morgan fingerprint density at radius 2 is 1.81 bits per heavy atom. The first-order chi connectivity index (χ1) is 12.3. The van der Waals surface area contributed by atoms with Gasteiger partial charge in [-0.25, -0.2) is 0 Å². The Morgan fingerprint density at radius 1 is 1.00 bits per heavy atom. The molecule has 2 nitrogen and oxygen atoms in total. The molecule has 0 aromatic carbocycles. The SMILES string of the molecule is CCC[C@@H](C)[C@H]1CC[C@]2(O)[C@@H]3CCC4C[C@@H](O)CC[C@@]45C[C@@]35CC[C@]12C. The third-order valence-corrected chi connectivity index (χ3v) is 11.0. The molecule has 5 saturated carbocycles. The molecule has 148 valence electrons. The van der Waals surface area contributed by atoms with Crippen LogP contribution in [0.25, 0.3) is 0 Å². The Hall–Kier alpha value is -0.0800. The van der Waals surface area contributed by atoms with E-state index in [0.29, 0.717) is 22.7 Å². The molecule has 0 saturated heterocycles. The minimum Gasteiger partial charge on any atom is -0.393 e. The van der Waals surface area contributed by atoms with Crippen molar-refractivity contribution in [3.8, 4) is 0 Å². The average Bonchev–Trinajstić information content (AvgIpc) is 3.18. The minimum absolute atomic E-state index is 0.0532. The van der Waals surface area contributed by atoms with Crippen molar-refractivity contribution < 1.29 is 10.2 Å². The molecule has 0 aromatic rings. The van der Waals surface area contributed by atoms with Crippen molar-refractivity contribution >= 4 is 0 Å². The number of aliphatic hydroxyl groups excluding tert-OH is 1. The predicted molar refractivity (Wildman–Crippen MR) is 105 cm³/mol. The standard InChI is InChI=1S/C24H40O2/c1-4-5-16(2)19-9-11-24(26)20-7-6-17-14-18(25)8-10-22(17)15-23(20,22)13-12-21(19,24)3/h16-20,25-26H,4-15H2,1-3H3/t16-,17?,18+,19-,20-,21-,22-,23+,24+/m1/s1. The third-order valence-electron chi connectivity index (χ3n) is 11.0. The quantitative estimate of drug-likeness (QED) is 0.716. The largest absolute Gasteiger partial charge is 0.393 e. The molecule has 5 rings (SSSR count). The van der Waals surface area contributed by atoms with Crippen LogP contribution in [0.2, 0.25) is 0 Å². The van der Waals surface area contributed by atoms with Gasteiger partial charge in [0.1, 0.15) is 0 Å². The Labute approximate surface area is 160 Å². The van der Waals surface area contributed by atoms with Crippen LogP contribution in [0.5, 0.6) is 0 Å². The minimum atomic E-state index is -0.414. The lowest BCUT2D eigenvalue weighted by Crippen LogP contribution is -2.60. The fourth-order valence-corrected chi connectivity index (χ4v) is 9.75. The van der Waals surface area contributed by atoms with Crippen molar-refractivity contribution in [2.75, 3.05) is 0 Å². The van der Waals surface area contributed by atoms with Crippen LogP contribution in [0, 0.1) is 39.9 Å². The molecular weight excluding hydrogens is 320 g/mol. The predicted octanol–water partition coefficient (Wildman–Crippen LogP) is 5.31. The van der Waals surface area contributed by atoms with Gasteiger partial charge in [0, 0.05) is 0 Å². The molecule has 0 amide bonds. The number of fused-ring (bicyclic) bond motifs is 2. The van der Waals surface area contributed by atoms with E-state index in [1.807, 2.05) is 0 Å². The van der Waals surface area contributed by atoms with Crippen molar-refractivity contribution in [1.29, 1.82) is 0 Å². The van der Waals surface area contributed by atoms with Gasteiger partial charge in [-0.2, -0.15) is 0 Å². The second kappa shape index (κ2) is 5.50. The molecule has 0 heterocycles. The van der Waals surface area contributed by atoms with Crippen LogP contribution < -0.4 is 0 Å². The smallest absolute Gasteiger partial charge is 0.0737 e. The molecule has 0 radical (unpaired) electrons. The maximum atomic E-state index is 12.2. The van der Waals surface area contributed by atoms with Gasteiger partial charge >= 0.3 is 0 Å². The normalized spacial score (nSPS) is 59.0. The highest BCUT2D eigenvalue weighted by atomic mass is 16.3. The molecule has 5 fully saturated rings. The summed E-state index contributed by atoms with van der Waals surface area (Å²) in [6.07, 6.45) is 14.6. The van der Waals surface area contributed by atoms with E-state index in [0.717, 1.165) is 31.1 Å². The second-order valence-electron chi connectivity index (χ2n) is 11.5. The highest BCUT2D eigenvalue weighted by Gasteiger charge is 2.81. The van der Waals surface area contributed by atoms with Gasteiger partial charge in [-0.05, 0) is 104 Å². The molecule has 1 unspecified atom stereocenters. The maximum absolute atomic E-state index is 12.2. The molecule has 2 N–H and O–H groups in total. The van der Waals surface area contributed by atoms with Crippen LogP contribution in [0.1, 0.15) is 97.8 Å². The molecule has 2 spiro atoms. The van der Waals surface area contributed by atoms with E-state index in [1.54, 1.807) is 0 Å². The van der Waals surface area contributed by atoms with Crippen LogP contribution in [0.15, 0.2) is 0 Å². The van der Waals surface area contributed by atoms with E-state index in [-0.39, 0.29) is 11.5 Å². The van der Waals surface area contributed by atoms with E-state index in [2.05, 4.69) is 20.8 Å². The van der Waals surface area contributed by atoms with Gasteiger partial charge in [-0.15, -0.1) is 0 Å². The molecule has 0 aromatic heterocycles. The monoisotopic (exact) mass is 360 g/mol. The van der Waals surface area contributed by atoms with E-state index in [9.17, 15) is 10.2 Å². The average molecular weight is 361 g/mol. The Balaban J connectivity index is 1.47. The summed E-state index contributed by atoms with van der Waals surface area (Å²) in [6, 6.07) is 0. The summed E-state index contributed by atoms with van der Waals surface area (Å²) >= 11 is 0. The van der Waals surface area contributed by atoms with Crippen LogP contribution >= 0.6 is 0 Å². The van der Waals surface area contributed by atoms with Crippen LogP contribution in [-0.4, -0.2) is 21.9 Å². The Bertz CT molecular complexity index is 589. The lowest BCUT2D eigenvalue weighted by atomic mass is 9.47. The third kappa shape index (κ3) is 1.92. The topological polar surface area (TPSA) is 40.5 Å². The van der Waals surface area contributed by atoms with Gasteiger partial charge in [0.05, 0.1) is 11.7 Å². The summed E-state index contributed by atoms with van der Waals surface area (Å²) in [5.74, 6) is 2.75. The molecule has 5 aliphatic carbocycles. The zero-order valence-corrected chi connectivity index (χ0v) is 17.3. The van der Waals surface area contributed by atoms with Gasteiger partial charge in [-0.1, -0.05) is 33.6 Å². The molecule has 0 aliphatic heterocycles. The van der Waals surface area contributed by atoms with E-state index in [1.165, 1.54) is 57.8 Å². The fraction of sp³-hybridized carbons (Fsp3) is 1.00. The van der Waals surface area contributed by atoms with Crippen LogP contribution in [0.3, 0.4) is 0 Å². The molecule has 0 bridgehead atoms. The molecule has 5 aliphatic rings. The molecular formula is C24H40O2. The van der Waals surface area contributed by atoms with Crippen molar-refractivity contribution in [3.63, 3.8) is 0 Å². The van der Waals surface area contributed by atoms with Gasteiger partial charge in [0.15, 0.2) is 0 Å². The molecule has 9 atom stereocenters. The first kappa shape index (κ1) is 18.0.